The number of carbonyl (C=O) groups is 4. The number of imide groups is 1. The highest BCUT2D eigenvalue weighted by molar-refractivity contribution is 6.06. The molecule has 15 nitrogen and oxygen atoms in total. The minimum atomic E-state index is -0.643. The van der Waals surface area contributed by atoms with E-state index in [9.17, 15) is 19.2 Å². The third kappa shape index (κ3) is 7.40. The number of piperidine rings is 1. The number of amides is 4. The first-order chi connectivity index (χ1) is 23.4. The van der Waals surface area contributed by atoms with Gasteiger partial charge in [0.2, 0.25) is 29.6 Å². The van der Waals surface area contributed by atoms with Crippen molar-refractivity contribution >= 4 is 41.2 Å². The molecule has 4 heterocycles. The largest absolute Gasteiger partial charge is 0.385 e. The van der Waals surface area contributed by atoms with E-state index in [0.29, 0.717) is 56.4 Å². The first-order valence-corrected chi connectivity index (χ1v) is 16.0. The third-order valence-corrected chi connectivity index (χ3v) is 8.28. The molecule has 0 radical (unpaired) electrons. The van der Waals surface area contributed by atoms with Crippen LogP contribution in [0.4, 0.5) is 17.6 Å². The highest BCUT2D eigenvalue weighted by Crippen LogP contribution is 2.32. The van der Waals surface area contributed by atoms with Gasteiger partial charge in [-0.2, -0.15) is 9.67 Å². The molecule has 6 rings (SSSR count). The van der Waals surface area contributed by atoms with Crippen LogP contribution < -0.4 is 27.0 Å². The maximum absolute atomic E-state index is 13.0. The lowest BCUT2D eigenvalue weighted by Crippen LogP contribution is -2.52. The van der Waals surface area contributed by atoms with Gasteiger partial charge in [0, 0.05) is 61.4 Å². The molecule has 4 amide bonds. The number of unbranched alkanes of at least 4 members (excludes halogenated alkanes) is 2. The Morgan fingerprint density at radius 1 is 0.917 bits per heavy atom. The van der Waals surface area contributed by atoms with E-state index in [0.717, 1.165) is 41.8 Å². The lowest BCUT2D eigenvalue weighted by molar-refractivity contribution is -0.137. The number of aromatic nitrogens is 5. The summed E-state index contributed by atoms with van der Waals surface area (Å²) in [6.45, 7) is 1.82. The first-order valence-electron chi connectivity index (χ1n) is 16.0. The number of rotatable bonds is 14. The van der Waals surface area contributed by atoms with Crippen LogP contribution >= 0.6 is 0 Å². The maximum atomic E-state index is 13.0. The van der Waals surface area contributed by atoms with Crippen molar-refractivity contribution in [2.45, 2.75) is 51.1 Å². The molecule has 248 valence electrons. The van der Waals surface area contributed by atoms with Gasteiger partial charge in [-0.1, -0.05) is 42.8 Å². The Morgan fingerprint density at radius 2 is 1.77 bits per heavy atom. The summed E-state index contributed by atoms with van der Waals surface area (Å²) in [6, 6.07) is 18.2. The molecule has 1 saturated heterocycles. The number of hydrogen-bond acceptors (Lipinski definition) is 11. The summed E-state index contributed by atoms with van der Waals surface area (Å²) < 4.78 is 1.40. The normalized spacial score (nSPS) is 15.6. The smallest absolute Gasteiger partial charge is 0.255 e. The quantitative estimate of drug-likeness (QED) is 0.0989. The van der Waals surface area contributed by atoms with Gasteiger partial charge in [-0.3, -0.25) is 24.5 Å². The molecule has 0 saturated carbocycles. The minimum absolute atomic E-state index is 0.0375. The second-order valence-electron chi connectivity index (χ2n) is 11.6. The molecule has 0 bridgehead atoms. The van der Waals surface area contributed by atoms with Crippen molar-refractivity contribution in [2.24, 2.45) is 0 Å². The fourth-order valence-corrected chi connectivity index (χ4v) is 5.79. The van der Waals surface area contributed by atoms with Crippen molar-refractivity contribution in [1.82, 2.24) is 40.5 Å². The monoisotopic (exact) mass is 651 g/mol. The highest BCUT2D eigenvalue weighted by atomic mass is 16.2. The second kappa shape index (κ2) is 14.7. The van der Waals surface area contributed by atoms with Crippen LogP contribution in [0.5, 0.6) is 0 Å². The zero-order valence-corrected chi connectivity index (χ0v) is 26.3. The molecular weight excluding hydrogens is 614 g/mol. The van der Waals surface area contributed by atoms with Crippen LogP contribution in [0.15, 0.2) is 60.7 Å². The van der Waals surface area contributed by atoms with Crippen LogP contribution in [-0.4, -0.2) is 79.2 Å². The molecule has 2 aromatic carbocycles. The number of nitrogens with two attached hydrogens (primary N) is 1. The molecule has 4 aromatic rings. The molecule has 15 heteroatoms. The van der Waals surface area contributed by atoms with Gasteiger partial charge < -0.3 is 26.6 Å². The van der Waals surface area contributed by atoms with E-state index >= 15 is 0 Å². The molecule has 1 unspecified atom stereocenters. The van der Waals surface area contributed by atoms with Crippen LogP contribution in [0.2, 0.25) is 0 Å². The Balaban J connectivity index is 0.868. The van der Waals surface area contributed by atoms with E-state index in [1.807, 2.05) is 48.5 Å². The Kier molecular flexibility index (Phi) is 9.83. The average Bonchev–Trinajstić information content (AvgIpc) is 3.64. The number of benzene rings is 2. The summed E-state index contributed by atoms with van der Waals surface area (Å²) in [5.41, 5.74) is 10.0. The highest BCUT2D eigenvalue weighted by Gasteiger charge is 2.39. The van der Waals surface area contributed by atoms with Crippen molar-refractivity contribution in [3.8, 4) is 17.1 Å². The van der Waals surface area contributed by atoms with Gasteiger partial charge >= 0.3 is 0 Å². The number of hydrogen-bond donors (Lipinski definition) is 5. The molecule has 1 fully saturated rings. The van der Waals surface area contributed by atoms with E-state index in [1.54, 1.807) is 17.0 Å². The average molecular weight is 652 g/mol. The van der Waals surface area contributed by atoms with E-state index in [1.165, 1.54) is 4.68 Å². The molecule has 2 aromatic heterocycles. The molecule has 0 aliphatic carbocycles. The van der Waals surface area contributed by atoms with Crippen molar-refractivity contribution in [3.63, 3.8) is 0 Å². The zero-order chi connectivity index (χ0) is 33.5. The summed E-state index contributed by atoms with van der Waals surface area (Å²) in [5, 5.41) is 24.5. The molecule has 0 spiro atoms. The predicted molar refractivity (Wildman–Crippen MR) is 178 cm³/mol. The number of nitrogen functional groups attached to an aromatic ring is 1. The van der Waals surface area contributed by atoms with Crippen LogP contribution in [-0.2, 0) is 20.9 Å². The summed E-state index contributed by atoms with van der Waals surface area (Å²) in [4.78, 5) is 55.0. The van der Waals surface area contributed by atoms with E-state index in [-0.39, 0.29) is 30.1 Å². The number of fused-ring (bicyclic) bond motifs is 1. The van der Waals surface area contributed by atoms with Gasteiger partial charge in [0.1, 0.15) is 6.04 Å². The molecule has 2 aliphatic rings. The van der Waals surface area contributed by atoms with E-state index < -0.39 is 11.9 Å². The van der Waals surface area contributed by atoms with E-state index in [4.69, 9.17) is 5.73 Å². The maximum Gasteiger partial charge on any atom is 0.255 e. The summed E-state index contributed by atoms with van der Waals surface area (Å²) >= 11 is 0. The predicted octanol–water partition coefficient (Wildman–Crippen LogP) is 2.27. The van der Waals surface area contributed by atoms with Crippen molar-refractivity contribution in [2.75, 3.05) is 36.0 Å². The Morgan fingerprint density at radius 3 is 2.56 bits per heavy atom. The van der Waals surface area contributed by atoms with Crippen LogP contribution in [0, 0.1) is 0 Å². The van der Waals surface area contributed by atoms with Gasteiger partial charge in [0.25, 0.3) is 5.91 Å². The van der Waals surface area contributed by atoms with Gasteiger partial charge in [-0.05, 0) is 43.5 Å². The summed E-state index contributed by atoms with van der Waals surface area (Å²) in [7, 11) is 0. The first kappa shape index (κ1) is 32.1. The van der Waals surface area contributed by atoms with E-state index in [2.05, 4.69) is 41.5 Å². The molecule has 6 N–H and O–H groups in total. The van der Waals surface area contributed by atoms with Crippen molar-refractivity contribution in [3.05, 3.63) is 71.8 Å². The molecule has 48 heavy (non-hydrogen) atoms. The van der Waals surface area contributed by atoms with Crippen molar-refractivity contribution < 1.29 is 19.2 Å². The second-order valence-corrected chi connectivity index (χ2v) is 11.6. The van der Waals surface area contributed by atoms with Gasteiger partial charge in [-0.15, -0.1) is 15.3 Å². The molecule has 2 aliphatic heterocycles. The lowest BCUT2D eigenvalue weighted by Gasteiger charge is -2.29. The molecule has 1 atom stereocenters. The third-order valence-electron chi connectivity index (χ3n) is 8.28. The Bertz CT molecular complexity index is 1790. The fraction of sp³-hybridized carbons (Fsp3) is 0.333. The summed E-state index contributed by atoms with van der Waals surface area (Å²) in [5.74, 6) is -0.0377. The Hall–Kier alpha value is -5.86. The number of carbonyl (C=O) groups excluding carboxylic acids is 4. The standard InChI is InChI=1S/C33H37N11O4/c34-32-39-33(42-44(32)27-15-13-24(40-41-27)21-8-3-1-4-9-21)37-19-18-36-28(45)12-5-2-6-17-35-25-11-7-10-22-23(25)20-43(31(22)48)26-14-16-29(46)38-30(26)47/h1,3-4,7-11,13,15,26,35H,2,5-6,12,14,16-20H2,(H,36,45)(H,38,46,47)(H3,34,37,39,42). The molecular formula is C33H37N11O4. The number of nitrogens with one attached hydrogen (secondary N) is 4. The summed E-state index contributed by atoms with van der Waals surface area (Å²) in [6.07, 6.45) is 3.40. The number of anilines is 3. The SMILES string of the molecule is Nc1nc(NCCNC(=O)CCCCCNc2cccc3c2CN(C2CCC(=O)NC2=O)C3=O)nn1-c1ccc(-c2ccccc2)nn1. The Labute approximate surface area is 276 Å². The topological polar surface area (TPSA) is 202 Å². The number of nitrogens with zero attached hydrogens (tertiary/aromatic N) is 6. The van der Waals surface area contributed by atoms with Crippen molar-refractivity contribution in [1.29, 1.82) is 0 Å². The zero-order valence-electron chi connectivity index (χ0n) is 26.3. The minimum Gasteiger partial charge on any atom is -0.385 e. The van der Waals surface area contributed by atoms with Gasteiger partial charge in [0.15, 0.2) is 5.82 Å². The van der Waals surface area contributed by atoms with Crippen LogP contribution in [0.25, 0.3) is 17.1 Å². The van der Waals surface area contributed by atoms with Gasteiger partial charge in [-0.25, -0.2) is 0 Å². The van der Waals surface area contributed by atoms with Crippen LogP contribution in [0.3, 0.4) is 0 Å². The van der Waals surface area contributed by atoms with Gasteiger partial charge in [0.05, 0.1) is 5.69 Å². The van der Waals surface area contributed by atoms with Crippen LogP contribution in [0.1, 0.15) is 54.4 Å². The lowest BCUT2D eigenvalue weighted by atomic mass is 10.0. The fourth-order valence-electron chi connectivity index (χ4n) is 5.79.